The zero-order valence-electron chi connectivity index (χ0n) is 9.26. The first-order valence-electron chi connectivity index (χ1n) is 4.53. The third kappa shape index (κ3) is 4.99. The molecular weight excluding hydrogens is 182 g/mol. The molecule has 0 saturated heterocycles. The van der Waals surface area contributed by atoms with E-state index in [0.29, 0.717) is 5.57 Å². The van der Waals surface area contributed by atoms with Gasteiger partial charge in [0.1, 0.15) is 0 Å². The van der Waals surface area contributed by atoms with Crippen molar-refractivity contribution in [2.75, 3.05) is 6.61 Å². The summed E-state index contributed by atoms with van der Waals surface area (Å²) in [7, 11) is 0. The summed E-state index contributed by atoms with van der Waals surface area (Å²) in [6.45, 7) is 10.4. The van der Waals surface area contributed by atoms with Gasteiger partial charge in [-0.15, -0.1) is 0 Å². The van der Waals surface area contributed by atoms with Crippen LogP contribution in [0.2, 0.25) is 0 Å². The molecule has 82 valence electrons. The van der Waals surface area contributed by atoms with Gasteiger partial charge in [0.05, 0.1) is 6.61 Å². The molecule has 1 unspecified atom stereocenters. The van der Waals surface area contributed by atoms with Crippen molar-refractivity contribution in [1.29, 1.82) is 0 Å². The summed E-state index contributed by atoms with van der Waals surface area (Å²) in [6, 6.07) is 0. The Kier molecular flexibility index (Phi) is 4.80. The number of carbonyl (C=O) groups is 1. The average Bonchev–Trinajstić information content (AvgIpc) is 2.02. The lowest BCUT2D eigenvalue weighted by atomic mass is 10.1. The minimum atomic E-state index is -0.464. The van der Waals surface area contributed by atoms with Crippen LogP contribution in [-0.2, 0) is 9.53 Å². The Balaban J connectivity index is 4.05. The van der Waals surface area contributed by atoms with E-state index < -0.39 is 17.7 Å². The van der Waals surface area contributed by atoms with Gasteiger partial charge in [0.25, 0.3) is 0 Å². The predicted molar refractivity (Wildman–Crippen MR) is 54.7 cm³/mol. The van der Waals surface area contributed by atoms with Crippen molar-refractivity contribution in [3.05, 3.63) is 12.2 Å². The number of rotatable bonds is 5. The van der Waals surface area contributed by atoms with Crippen LogP contribution in [0, 0.1) is 0 Å². The first-order chi connectivity index (χ1) is 6.28. The van der Waals surface area contributed by atoms with Crippen molar-refractivity contribution < 1.29 is 14.6 Å². The van der Waals surface area contributed by atoms with E-state index in [1.165, 1.54) is 0 Å². The highest BCUT2D eigenvalue weighted by atomic mass is 16.6. The molecule has 0 aromatic carbocycles. The maximum absolute atomic E-state index is 11.1. The third-order valence-electron chi connectivity index (χ3n) is 1.62. The Morgan fingerprint density at radius 3 is 2.50 bits per heavy atom. The Labute approximate surface area is 85.0 Å². The third-order valence-corrected chi connectivity index (χ3v) is 1.62. The van der Waals surface area contributed by atoms with E-state index in [9.17, 15) is 4.79 Å². The van der Waals surface area contributed by atoms with Gasteiger partial charge in [0, 0.05) is 11.1 Å². The van der Waals surface area contributed by atoms with E-state index in [1.54, 1.807) is 13.8 Å². The zero-order valence-corrected chi connectivity index (χ0v) is 9.26. The molecule has 4 heteroatoms. The highest BCUT2D eigenvalue weighted by Gasteiger charge is 2.20. The summed E-state index contributed by atoms with van der Waals surface area (Å²) in [5.74, 6) is -0.432. The van der Waals surface area contributed by atoms with Crippen molar-refractivity contribution in [2.24, 2.45) is 0 Å². The Bertz CT molecular complexity index is 223. The molecule has 0 bridgehead atoms. The van der Waals surface area contributed by atoms with Crippen LogP contribution in [0.15, 0.2) is 12.2 Å². The molecule has 0 heterocycles. The highest BCUT2D eigenvalue weighted by molar-refractivity contribution is 5.87. The number of aliphatic hydroxyl groups is 1. The fraction of sp³-hybridized carbons (Fsp3) is 0.700. The van der Waals surface area contributed by atoms with Crippen LogP contribution in [0.25, 0.3) is 0 Å². The monoisotopic (exact) mass is 201 g/mol. The fourth-order valence-electron chi connectivity index (χ4n) is 0.887. The molecule has 0 rings (SSSR count). The van der Waals surface area contributed by atoms with Crippen molar-refractivity contribution in [2.45, 2.75) is 39.5 Å². The van der Waals surface area contributed by atoms with E-state index in [2.05, 4.69) is 11.9 Å². The largest absolute Gasteiger partial charge is 0.444 e. The maximum Gasteiger partial charge on any atom is 0.334 e. The van der Waals surface area contributed by atoms with Crippen LogP contribution in [-0.4, -0.2) is 29.4 Å². The van der Waals surface area contributed by atoms with E-state index in [-0.39, 0.29) is 6.61 Å². The highest BCUT2D eigenvalue weighted by Crippen LogP contribution is 2.04. The van der Waals surface area contributed by atoms with Gasteiger partial charge in [-0.25, -0.2) is 4.79 Å². The lowest BCUT2D eigenvalue weighted by Gasteiger charge is -2.27. The molecule has 0 aliphatic rings. The molecule has 14 heavy (non-hydrogen) atoms. The van der Waals surface area contributed by atoms with E-state index in [4.69, 9.17) is 9.84 Å². The van der Waals surface area contributed by atoms with Crippen molar-refractivity contribution >= 4 is 5.97 Å². The first-order valence-corrected chi connectivity index (χ1v) is 4.53. The molecular formula is C10H19NO3. The summed E-state index contributed by atoms with van der Waals surface area (Å²) < 4.78 is 4.99. The smallest absolute Gasteiger partial charge is 0.334 e. The number of hydrogen-bond acceptors (Lipinski definition) is 4. The van der Waals surface area contributed by atoms with Crippen molar-refractivity contribution in [1.82, 2.24) is 5.32 Å². The number of aliphatic hydroxyl groups excluding tert-OH is 1. The molecule has 1 atom stereocenters. The molecule has 0 aromatic rings. The number of hydrogen-bond donors (Lipinski definition) is 2. The van der Waals surface area contributed by atoms with Gasteiger partial charge in [0.15, 0.2) is 6.23 Å². The average molecular weight is 201 g/mol. The van der Waals surface area contributed by atoms with Crippen LogP contribution in [0.5, 0.6) is 0 Å². The fourth-order valence-corrected chi connectivity index (χ4v) is 0.887. The van der Waals surface area contributed by atoms with Gasteiger partial charge in [0.2, 0.25) is 0 Å². The van der Waals surface area contributed by atoms with Crippen molar-refractivity contribution in [3.63, 3.8) is 0 Å². The standard InChI is InChI=1S/C10H19NO3/c1-7(2)9(13)14-8(3)11-10(4,5)6-12/h8,11-12H,1,6H2,2-5H3. The zero-order chi connectivity index (χ0) is 11.4. The van der Waals surface area contributed by atoms with Crippen LogP contribution in [0.1, 0.15) is 27.7 Å². The molecule has 0 fully saturated rings. The van der Waals surface area contributed by atoms with Gasteiger partial charge in [-0.3, -0.25) is 5.32 Å². The number of ether oxygens (including phenoxy) is 1. The molecule has 0 saturated carbocycles. The van der Waals surface area contributed by atoms with Gasteiger partial charge >= 0.3 is 5.97 Å². The summed E-state index contributed by atoms with van der Waals surface area (Å²) in [5, 5.41) is 11.9. The van der Waals surface area contributed by atoms with Gasteiger partial charge < -0.3 is 9.84 Å². The normalized spacial score (nSPS) is 13.5. The molecule has 2 N–H and O–H groups in total. The topological polar surface area (TPSA) is 58.6 Å². The van der Waals surface area contributed by atoms with Gasteiger partial charge in [-0.1, -0.05) is 6.58 Å². The minimum absolute atomic E-state index is 0.0258. The Morgan fingerprint density at radius 1 is 1.64 bits per heavy atom. The van der Waals surface area contributed by atoms with Crippen LogP contribution < -0.4 is 5.32 Å². The second-order valence-corrected chi connectivity index (χ2v) is 4.01. The summed E-state index contributed by atoms with van der Waals surface area (Å²) >= 11 is 0. The second kappa shape index (κ2) is 5.12. The van der Waals surface area contributed by atoms with Gasteiger partial charge in [-0.05, 0) is 27.7 Å². The summed E-state index contributed by atoms with van der Waals surface area (Å²) in [5.41, 5.74) is -0.102. The molecule has 0 radical (unpaired) electrons. The van der Waals surface area contributed by atoms with Crippen LogP contribution >= 0.6 is 0 Å². The molecule has 0 aliphatic heterocycles. The molecule has 0 spiro atoms. The number of esters is 1. The first kappa shape index (κ1) is 13.1. The second-order valence-electron chi connectivity index (χ2n) is 4.01. The number of carbonyl (C=O) groups excluding carboxylic acids is 1. The van der Waals surface area contributed by atoms with Crippen LogP contribution in [0.3, 0.4) is 0 Å². The number of nitrogens with one attached hydrogen (secondary N) is 1. The quantitative estimate of drug-likeness (QED) is 0.392. The minimum Gasteiger partial charge on any atom is -0.444 e. The van der Waals surface area contributed by atoms with E-state index >= 15 is 0 Å². The SMILES string of the molecule is C=C(C)C(=O)OC(C)NC(C)(C)CO. The van der Waals surface area contributed by atoms with E-state index in [1.807, 2.05) is 13.8 Å². The maximum atomic E-state index is 11.1. The van der Waals surface area contributed by atoms with E-state index in [0.717, 1.165) is 0 Å². The predicted octanol–water partition coefficient (Wildman–Crippen LogP) is 0.812. The summed E-state index contributed by atoms with van der Waals surface area (Å²) in [6.07, 6.45) is -0.443. The van der Waals surface area contributed by atoms with Crippen molar-refractivity contribution in [3.8, 4) is 0 Å². The molecule has 4 nitrogen and oxygen atoms in total. The lowest BCUT2D eigenvalue weighted by Crippen LogP contribution is -2.49. The summed E-state index contributed by atoms with van der Waals surface area (Å²) in [4.78, 5) is 11.1. The Morgan fingerprint density at radius 2 is 2.14 bits per heavy atom. The van der Waals surface area contributed by atoms with Crippen LogP contribution in [0.4, 0.5) is 0 Å². The lowest BCUT2D eigenvalue weighted by molar-refractivity contribution is -0.146. The molecule has 0 amide bonds. The van der Waals surface area contributed by atoms with Gasteiger partial charge in [-0.2, -0.15) is 0 Å². The Hall–Kier alpha value is -0.870. The molecule has 0 aliphatic carbocycles. The molecule has 0 aromatic heterocycles.